The Kier molecular flexibility index (Phi) is 5.58. The molecule has 1 spiro atoms. The molecule has 7 nitrogen and oxygen atoms in total. The van der Waals surface area contributed by atoms with Crippen LogP contribution in [0.3, 0.4) is 0 Å². The van der Waals surface area contributed by atoms with Gasteiger partial charge >= 0.3 is 6.03 Å². The maximum Gasteiger partial charge on any atom is 0.321 e. The molecular formula is C22H28N4O3. The van der Waals surface area contributed by atoms with Crippen LogP contribution in [0.5, 0.6) is 0 Å². The third-order valence-electron chi connectivity index (χ3n) is 5.83. The highest BCUT2D eigenvalue weighted by molar-refractivity contribution is 5.89. The maximum absolute atomic E-state index is 13.0. The molecule has 2 fully saturated rings. The molecule has 0 aliphatic carbocycles. The molecule has 1 aromatic carbocycles. The van der Waals surface area contributed by atoms with Crippen molar-refractivity contribution < 1.29 is 14.0 Å². The van der Waals surface area contributed by atoms with Crippen LogP contribution >= 0.6 is 0 Å². The maximum atomic E-state index is 13.0. The number of carbonyl (C=O) groups is 2. The highest BCUT2D eigenvalue weighted by Crippen LogP contribution is 2.35. The Labute approximate surface area is 171 Å². The van der Waals surface area contributed by atoms with Crippen LogP contribution in [0, 0.1) is 5.41 Å². The number of nitrogens with zero attached hydrogens (tertiary/aromatic N) is 3. The summed E-state index contributed by atoms with van der Waals surface area (Å²) in [7, 11) is 0. The van der Waals surface area contributed by atoms with Crippen LogP contribution in [0.1, 0.15) is 19.1 Å². The molecule has 3 heterocycles. The first-order valence-corrected chi connectivity index (χ1v) is 10.2. The Morgan fingerprint density at radius 3 is 2.62 bits per heavy atom. The summed E-state index contributed by atoms with van der Waals surface area (Å²) in [5, 5.41) is 2.99. The molecule has 0 radical (unpaired) electrons. The number of likely N-dealkylation sites (tertiary alicyclic amines) is 1. The van der Waals surface area contributed by atoms with Crippen LogP contribution in [0.2, 0.25) is 0 Å². The zero-order valence-electron chi connectivity index (χ0n) is 16.8. The Morgan fingerprint density at radius 2 is 1.93 bits per heavy atom. The van der Waals surface area contributed by atoms with Gasteiger partial charge in [0.25, 0.3) is 0 Å². The number of urea groups is 1. The second-order valence-corrected chi connectivity index (χ2v) is 8.09. The number of amides is 3. The molecule has 2 saturated heterocycles. The molecule has 1 N–H and O–H groups in total. The lowest BCUT2D eigenvalue weighted by molar-refractivity contribution is -0.127. The fraction of sp³-hybridized carbons (Fsp3) is 0.455. The van der Waals surface area contributed by atoms with E-state index < -0.39 is 0 Å². The van der Waals surface area contributed by atoms with Crippen LogP contribution in [0.25, 0.3) is 0 Å². The molecular weight excluding hydrogens is 368 g/mol. The number of nitrogens with one attached hydrogen (secondary N) is 1. The summed E-state index contributed by atoms with van der Waals surface area (Å²) >= 11 is 0. The topological polar surface area (TPSA) is 69.0 Å². The molecule has 154 valence electrons. The molecule has 29 heavy (non-hydrogen) atoms. The van der Waals surface area contributed by atoms with Gasteiger partial charge in [0.15, 0.2) is 0 Å². The van der Waals surface area contributed by atoms with Crippen molar-refractivity contribution in [3.63, 3.8) is 0 Å². The zero-order chi connectivity index (χ0) is 20.3. The van der Waals surface area contributed by atoms with Crippen molar-refractivity contribution in [2.24, 2.45) is 5.41 Å². The average Bonchev–Trinajstić information content (AvgIpc) is 3.28. The Bertz CT molecular complexity index is 839. The normalized spacial score (nSPS) is 22.9. The molecule has 3 amide bonds. The molecule has 4 rings (SSSR count). The second kappa shape index (κ2) is 8.29. The van der Waals surface area contributed by atoms with E-state index in [2.05, 4.69) is 10.2 Å². The van der Waals surface area contributed by atoms with Crippen molar-refractivity contribution in [1.29, 1.82) is 0 Å². The van der Waals surface area contributed by atoms with Crippen molar-refractivity contribution in [2.75, 3.05) is 44.6 Å². The molecule has 0 unspecified atom stereocenters. The van der Waals surface area contributed by atoms with E-state index in [1.807, 2.05) is 59.2 Å². The van der Waals surface area contributed by atoms with E-state index >= 15 is 0 Å². The van der Waals surface area contributed by atoms with Crippen LogP contribution in [-0.4, -0.2) is 65.9 Å². The lowest BCUT2D eigenvalue weighted by Gasteiger charge is -2.33. The molecule has 2 aliphatic rings. The Balaban J connectivity index is 1.53. The third kappa shape index (κ3) is 4.45. The summed E-state index contributed by atoms with van der Waals surface area (Å²) in [4.78, 5) is 31.6. The number of para-hydroxylation sites is 1. The van der Waals surface area contributed by atoms with Crippen molar-refractivity contribution in [3.05, 3.63) is 54.5 Å². The number of carbonyl (C=O) groups excluding carboxylic acids is 2. The zero-order valence-corrected chi connectivity index (χ0v) is 16.8. The first-order valence-electron chi connectivity index (χ1n) is 10.2. The minimum Gasteiger partial charge on any atom is -0.468 e. The molecule has 2 aromatic rings. The van der Waals surface area contributed by atoms with E-state index in [0.717, 1.165) is 24.5 Å². The molecule has 1 atom stereocenters. The largest absolute Gasteiger partial charge is 0.468 e. The standard InChI is InChI=1S/C22H28N4O3/c1-2-25-16-22(13-20(25)27)15-24(14-19-9-6-12-29-19)10-11-26(17-22)21(28)23-18-7-4-3-5-8-18/h3-9,12H,2,10-11,13-17H2,1H3,(H,23,28)/t22-/m0/s1. The quantitative estimate of drug-likeness (QED) is 0.863. The van der Waals surface area contributed by atoms with E-state index in [9.17, 15) is 9.59 Å². The van der Waals surface area contributed by atoms with Gasteiger partial charge in [0.1, 0.15) is 5.76 Å². The first-order chi connectivity index (χ1) is 14.1. The molecule has 2 aliphatic heterocycles. The van der Waals surface area contributed by atoms with E-state index in [1.54, 1.807) is 6.26 Å². The van der Waals surface area contributed by atoms with Crippen molar-refractivity contribution in [3.8, 4) is 0 Å². The smallest absolute Gasteiger partial charge is 0.321 e. The predicted octanol–water partition coefficient (Wildman–Crippen LogP) is 2.87. The number of benzene rings is 1. The second-order valence-electron chi connectivity index (χ2n) is 8.09. The number of hydrogen-bond donors (Lipinski definition) is 1. The van der Waals surface area contributed by atoms with Crippen LogP contribution in [0.15, 0.2) is 53.1 Å². The Morgan fingerprint density at radius 1 is 1.10 bits per heavy atom. The lowest BCUT2D eigenvalue weighted by atomic mass is 9.86. The average molecular weight is 396 g/mol. The summed E-state index contributed by atoms with van der Waals surface area (Å²) in [6, 6.07) is 13.2. The summed E-state index contributed by atoms with van der Waals surface area (Å²) in [6.07, 6.45) is 2.16. The van der Waals surface area contributed by atoms with Gasteiger partial charge in [-0.1, -0.05) is 18.2 Å². The number of furan rings is 1. The lowest BCUT2D eigenvalue weighted by Crippen LogP contribution is -2.45. The summed E-state index contributed by atoms with van der Waals surface area (Å²) in [6.45, 7) is 6.78. The fourth-order valence-corrected chi connectivity index (χ4v) is 4.49. The van der Waals surface area contributed by atoms with Gasteiger partial charge in [-0.2, -0.15) is 0 Å². The van der Waals surface area contributed by atoms with E-state index in [0.29, 0.717) is 39.1 Å². The Hall–Kier alpha value is -2.80. The van der Waals surface area contributed by atoms with Gasteiger partial charge in [-0.3, -0.25) is 9.69 Å². The van der Waals surface area contributed by atoms with Gasteiger partial charge in [-0.05, 0) is 31.2 Å². The summed E-state index contributed by atoms with van der Waals surface area (Å²) < 4.78 is 5.53. The minimum absolute atomic E-state index is 0.113. The minimum atomic E-state index is -0.260. The van der Waals surface area contributed by atoms with Gasteiger partial charge in [0.05, 0.1) is 12.8 Å². The van der Waals surface area contributed by atoms with Gasteiger partial charge < -0.3 is 19.5 Å². The highest BCUT2D eigenvalue weighted by Gasteiger charge is 2.46. The predicted molar refractivity (Wildman–Crippen MR) is 110 cm³/mol. The van der Waals surface area contributed by atoms with Crippen LogP contribution in [0.4, 0.5) is 10.5 Å². The monoisotopic (exact) mass is 396 g/mol. The van der Waals surface area contributed by atoms with Crippen LogP contribution in [-0.2, 0) is 11.3 Å². The molecule has 7 heteroatoms. The van der Waals surface area contributed by atoms with Crippen molar-refractivity contribution >= 4 is 17.6 Å². The van der Waals surface area contributed by atoms with E-state index in [1.165, 1.54) is 0 Å². The van der Waals surface area contributed by atoms with Crippen LogP contribution < -0.4 is 5.32 Å². The number of rotatable bonds is 4. The summed E-state index contributed by atoms with van der Waals surface area (Å²) in [5.41, 5.74) is 0.519. The van der Waals surface area contributed by atoms with Gasteiger partial charge in [-0.25, -0.2) is 4.79 Å². The van der Waals surface area contributed by atoms with E-state index in [4.69, 9.17) is 4.42 Å². The molecule has 0 saturated carbocycles. The molecule has 1 aromatic heterocycles. The SMILES string of the molecule is CCN1C[C@]2(CC1=O)CN(Cc1ccco1)CCN(C(=O)Nc1ccccc1)C2. The number of anilines is 1. The summed E-state index contributed by atoms with van der Waals surface area (Å²) in [5.74, 6) is 1.08. The van der Waals surface area contributed by atoms with Gasteiger partial charge in [0, 0.05) is 56.8 Å². The van der Waals surface area contributed by atoms with E-state index in [-0.39, 0.29) is 17.4 Å². The first kappa shape index (κ1) is 19.5. The molecule has 0 bridgehead atoms. The number of hydrogen-bond acceptors (Lipinski definition) is 4. The third-order valence-corrected chi connectivity index (χ3v) is 5.83. The van der Waals surface area contributed by atoms with Crippen molar-refractivity contribution in [1.82, 2.24) is 14.7 Å². The highest BCUT2D eigenvalue weighted by atomic mass is 16.3. The fourth-order valence-electron chi connectivity index (χ4n) is 4.49. The van der Waals surface area contributed by atoms with Gasteiger partial charge in [0.2, 0.25) is 5.91 Å². The van der Waals surface area contributed by atoms with Gasteiger partial charge in [-0.15, -0.1) is 0 Å². The van der Waals surface area contributed by atoms with Crippen molar-refractivity contribution in [2.45, 2.75) is 19.9 Å².